The van der Waals surface area contributed by atoms with Crippen LogP contribution in [0.5, 0.6) is 5.75 Å². The molecule has 0 saturated carbocycles. The third kappa shape index (κ3) is 3.13. The molecule has 3 nitrogen and oxygen atoms in total. The smallest absolute Gasteiger partial charge is 0.270 e. The first-order valence-corrected chi connectivity index (χ1v) is 8.37. The standard InChI is InChI=1S/C17H12ClNO2S2/c1-21-14-9-5-4-8-13(14)19-16(20)15(23-17(19)22)10-11-6-2-3-7-12(11)18/h2-10H,1H3/b15-10+. The second-order valence-corrected chi connectivity index (χ2v) is 6.79. The van der Waals surface area contributed by atoms with Crippen LogP contribution in [0.25, 0.3) is 6.08 Å². The molecule has 0 aliphatic carbocycles. The molecule has 2 aromatic rings. The molecule has 1 fully saturated rings. The van der Waals surface area contributed by atoms with Crippen LogP contribution >= 0.6 is 35.6 Å². The highest BCUT2D eigenvalue weighted by molar-refractivity contribution is 8.27. The van der Waals surface area contributed by atoms with Gasteiger partial charge in [-0.2, -0.15) is 0 Å². The van der Waals surface area contributed by atoms with Crippen molar-refractivity contribution in [1.29, 1.82) is 0 Å². The Morgan fingerprint density at radius 3 is 2.61 bits per heavy atom. The molecule has 0 radical (unpaired) electrons. The minimum atomic E-state index is -0.176. The fraction of sp³-hybridized carbons (Fsp3) is 0.0588. The van der Waals surface area contributed by atoms with E-state index in [-0.39, 0.29) is 5.91 Å². The van der Waals surface area contributed by atoms with Crippen LogP contribution in [0, 0.1) is 0 Å². The number of amides is 1. The Morgan fingerprint density at radius 1 is 1.17 bits per heavy atom. The number of hydrogen-bond acceptors (Lipinski definition) is 4. The zero-order chi connectivity index (χ0) is 16.4. The minimum absolute atomic E-state index is 0.176. The van der Waals surface area contributed by atoms with E-state index < -0.39 is 0 Å². The number of thioether (sulfide) groups is 1. The fourth-order valence-corrected chi connectivity index (χ4v) is 3.69. The number of para-hydroxylation sites is 2. The number of rotatable bonds is 3. The molecule has 0 unspecified atom stereocenters. The van der Waals surface area contributed by atoms with Crippen LogP contribution in [0.15, 0.2) is 53.4 Å². The van der Waals surface area contributed by atoms with Gasteiger partial charge in [-0.15, -0.1) is 0 Å². The highest BCUT2D eigenvalue weighted by atomic mass is 35.5. The molecule has 116 valence electrons. The van der Waals surface area contributed by atoms with E-state index in [2.05, 4.69) is 0 Å². The van der Waals surface area contributed by atoms with Gasteiger partial charge in [0.05, 0.1) is 17.7 Å². The molecular formula is C17H12ClNO2S2. The normalized spacial score (nSPS) is 16.3. The first-order chi connectivity index (χ1) is 11.1. The SMILES string of the molecule is COc1ccccc1N1C(=O)/C(=C\c2ccccc2Cl)SC1=S. The van der Waals surface area contributed by atoms with Crippen molar-refractivity contribution in [1.82, 2.24) is 0 Å². The lowest BCUT2D eigenvalue weighted by atomic mass is 10.2. The van der Waals surface area contributed by atoms with Crippen molar-refractivity contribution in [3.63, 3.8) is 0 Å². The Bertz CT molecular complexity index is 820. The third-order valence-corrected chi connectivity index (χ3v) is 4.96. The van der Waals surface area contributed by atoms with E-state index in [0.717, 1.165) is 5.56 Å². The molecule has 0 N–H and O–H groups in total. The molecule has 0 bridgehead atoms. The minimum Gasteiger partial charge on any atom is -0.495 e. The number of carbonyl (C=O) groups is 1. The number of hydrogen-bond donors (Lipinski definition) is 0. The highest BCUT2D eigenvalue weighted by Gasteiger charge is 2.34. The largest absolute Gasteiger partial charge is 0.495 e. The van der Waals surface area contributed by atoms with Gasteiger partial charge >= 0.3 is 0 Å². The van der Waals surface area contributed by atoms with Crippen LogP contribution in [-0.2, 0) is 4.79 Å². The van der Waals surface area contributed by atoms with Gasteiger partial charge in [-0.1, -0.05) is 65.9 Å². The van der Waals surface area contributed by atoms with Gasteiger partial charge in [-0.05, 0) is 29.8 Å². The van der Waals surface area contributed by atoms with Crippen LogP contribution in [0.4, 0.5) is 5.69 Å². The fourth-order valence-electron chi connectivity index (χ4n) is 2.22. The first kappa shape index (κ1) is 16.1. The van der Waals surface area contributed by atoms with Crippen molar-refractivity contribution < 1.29 is 9.53 Å². The summed E-state index contributed by atoms with van der Waals surface area (Å²) in [6.07, 6.45) is 1.76. The molecule has 0 atom stereocenters. The Morgan fingerprint density at radius 2 is 1.87 bits per heavy atom. The Hall–Kier alpha value is -1.82. The average Bonchev–Trinajstić information content (AvgIpc) is 2.83. The molecular weight excluding hydrogens is 350 g/mol. The quantitative estimate of drug-likeness (QED) is 0.582. The van der Waals surface area contributed by atoms with Crippen molar-refractivity contribution in [3.05, 3.63) is 64.0 Å². The number of ether oxygens (including phenoxy) is 1. The molecule has 1 aliphatic rings. The summed E-state index contributed by atoms with van der Waals surface area (Å²) in [5, 5.41) is 0.593. The molecule has 6 heteroatoms. The van der Waals surface area contributed by atoms with Crippen molar-refractivity contribution in [3.8, 4) is 5.75 Å². The third-order valence-electron chi connectivity index (χ3n) is 3.31. The van der Waals surface area contributed by atoms with E-state index in [1.54, 1.807) is 25.3 Å². The predicted molar refractivity (Wildman–Crippen MR) is 100 cm³/mol. The van der Waals surface area contributed by atoms with E-state index in [9.17, 15) is 4.79 Å². The lowest BCUT2D eigenvalue weighted by molar-refractivity contribution is -0.113. The van der Waals surface area contributed by atoms with E-state index >= 15 is 0 Å². The van der Waals surface area contributed by atoms with Crippen molar-refractivity contribution in [2.24, 2.45) is 0 Å². The van der Waals surface area contributed by atoms with Crippen LogP contribution in [-0.4, -0.2) is 17.3 Å². The Balaban J connectivity index is 1.99. The topological polar surface area (TPSA) is 29.5 Å². The van der Waals surface area contributed by atoms with Crippen LogP contribution in [0.1, 0.15) is 5.56 Å². The highest BCUT2D eigenvalue weighted by Crippen LogP contribution is 2.40. The number of methoxy groups -OCH3 is 1. The maximum atomic E-state index is 12.8. The summed E-state index contributed by atoms with van der Waals surface area (Å²) >= 11 is 12.8. The summed E-state index contributed by atoms with van der Waals surface area (Å²) in [5.41, 5.74) is 1.43. The number of anilines is 1. The molecule has 23 heavy (non-hydrogen) atoms. The predicted octanol–water partition coefficient (Wildman–Crippen LogP) is 4.75. The van der Waals surface area contributed by atoms with Gasteiger partial charge in [-0.25, -0.2) is 0 Å². The van der Waals surface area contributed by atoms with Gasteiger partial charge in [0.1, 0.15) is 5.75 Å². The summed E-state index contributed by atoms with van der Waals surface area (Å²) in [6, 6.07) is 14.7. The van der Waals surface area contributed by atoms with Gasteiger partial charge in [0.15, 0.2) is 4.32 Å². The zero-order valence-corrected chi connectivity index (χ0v) is 14.5. The van der Waals surface area contributed by atoms with E-state index in [0.29, 0.717) is 25.7 Å². The molecule has 1 aliphatic heterocycles. The molecule has 1 heterocycles. The van der Waals surface area contributed by atoms with E-state index in [1.807, 2.05) is 36.4 Å². The first-order valence-electron chi connectivity index (χ1n) is 6.77. The summed E-state index contributed by atoms with van der Waals surface area (Å²) in [7, 11) is 1.57. The number of halogens is 1. The molecule has 1 amide bonds. The van der Waals surface area contributed by atoms with Crippen molar-refractivity contribution in [2.45, 2.75) is 0 Å². The van der Waals surface area contributed by atoms with Crippen LogP contribution in [0.3, 0.4) is 0 Å². The van der Waals surface area contributed by atoms with Crippen LogP contribution in [0.2, 0.25) is 5.02 Å². The van der Waals surface area contributed by atoms with Gasteiger partial charge in [0, 0.05) is 5.02 Å². The molecule has 2 aromatic carbocycles. The number of thiocarbonyl (C=S) groups is 1. The molecule has 0 spiro atoms. The second-order valence-electron chi connectivity index (χ2n) is 4.71. The monoisotopic (exact) mass is 361 g/mol. The number of nitrogens with zero attached hydrogens (tertiary/aromatic N) is 1. The maximum Gasteiger partial charge on any atom is 0.270 e. The lowest BCUT2D eigenvalue weighted by Gasteiger charge is -2.17. The van der Waals surface area contributed by atoms with E-state index in [1.165, 1.54) is 16.7 Å². The summed E-state index contributed by atoms with van der Waals surface area (Å²) in [4.78, 5) is 14.8. The molecule has 1 saturated heterocycles. The molecule has 0 aromatic heterocycles. The van der Waals surface area contributed by atoms with Crippen molar-refractivity contribution >= 4 is 57.6 Å². The van der Waals surface area contributed by atoms with E-state index in [4.69, 9.17) is 28.6 Å². The van der Waals surface area contributed by atoms with Gasteiger partial charge in [-0.3, -0.25) is 9.69 Å². The zero-order valence-electron chi connectivity index (χ0n) is 12.2. The maximum absolute atomic E-state index is 12.8. The second kappa shape index (κ2) is 6.74. The van der Waals surface area contributed by atoms with Gasteiger partial charge < -0.3 is 4.74 Å². The number of carbonyl (C=O) groups excluding carboxylic acids is 1. The Labute approximate surface area is 148 Å². The lowest BCUT2D eigenvalue weighted by Crippen LogP contribution is -2.27. The Kier molecular flexibility index (Phi) is 4.71. The average molecular weight is 362 g/mol. The number of benzene rings is 2. The van der Waals surface area contributed by atoms with Crippen molar-refractivity contribution in [2.75, 3.05) is 12.0 Å². The van der Waals surface area contributed by atoms with Gasteiger partial charge in [0.25, 0.3) is 5.91 Å². The van der Waals surface area contributed by atoms with Gasteiger partial charge in [0.2, 0.25) is 0 Å². The van der Waals surface area contributed by atoms with Crippen LogP contribution < -0.4 is 9.64 Å². The summed E-state index contributed by atoms with van der Waals surface area (Å²) in [6.45, 7) is 0. The molecule has 3 rings (SSSR count). The summed E-state index contributed by atoms with van der Waals surface area (Å²) < 4.78 is 5.79. The summed E-state index contributed by atoms with van der Waals surface area (Å²) in [5.74, 6) is 0.423.